The summed E-state index contributed by atoms with van der Waals surface area (Å²) in [5.41, 5.74) is 0.580. The molecule has 100 valence electrons. The van der Waals surface area contributed by atoms with E-state index >= 15 is 0 Å². The Bertz CT molecular complexity index is 525. The second-order valence-corrected chi connectivity index (χ2v) is 3.97. The Morgan fingerprint density at radius 2 is 2.37 bits per heavy atom. The fourth-order valence-electron chi connectivity index (χ4n) is 1.62. The summed E-state index contributed by atoms with van der Waals surface area (Å²) < 4.78 is 6.68. The minimum absolute atomic E-state index is 0.111. The zero-order valence-electron chi connectivity index (χ0n) is 10.7. The van der Waals surface area contributed by atoms with Crippen molar-refractivity contribution in [1.29, 1.82) is 0 Å². The number of carbonyl (C=O) groups excluding carboxylic acids is 1. The molecule has 0 saturated heterocycles. The van der Waals surface area contributed by atoms with E-state index in [1.165, 1.54) is 0 Å². The van der Waals surface area contributed by atoms with Gasteiger partial charge in [-0.1, -0.05) is 0 Å². The van der Waals surface area contributed by atoms with Gasteiger partial charge in [-0.25, -0.2) is 9.97 Å². The van der Waals surface area contributed by atoms with Crippen molar-refractivity contribution in [2.24, 2.45) is 0 Å². The number of aromatic nitrogens is 3. The number of nitrogens with zero attached hydrogens (tertiary/aromatic N) is 3. The molecule has 0 atom stereocenters. The Hall–Kier alpha value is -2.21. The topological polar surface area (TPSA) is 69.0 Å². The molecule has 0 radical (unpaired) electrons. The quantitative estimate of drug-likeness (QED) is 0.788. The lowest BCUT2D eigenvalue weighted by Crippen LogP contribution is -2.25. The molecule has 6 heteroatoms. The lowest BCUT2D eigenvalue weighted by Gasteiger charge is -2.06. The van der Waals surface area contributed by atoms with Gasteiger partial charge in [0.1, 0.15) is 12.1 Å². The van der Waals surface area contributed by atoms with Gasteiger partial charge < -0.3 is 10.1 Å². The average molecular weight is 260 g/mol. The number of imidazole rings is 1. The highest BCUT2D eigenvalue weighted by molar-refractivity contribution is 5.94. The van der Waals surface area contributed by atoms with Gasteiger partial charge in [0, 0.05) is 44.4 Å². The number of pyridine rings is 1. The smallest absolute Gasteiger partial charge is 0.251 e. The van der Waals surface area contributed by atoms with E-state index in [0.29, 0.717) is 24.5 Å². The Labute approximate surface area is 111 Å². The molecule has 0 bridgehead atoms. The van der Waals surface area contributed by atoms with Gasteiger partial charge in [-0.2, -0.15) is 0 Å². The molecule has 2 heterocycles. The highest BCUT2D eigenvalue weighted by Crippen LogP contribution is 2.06. The van der Waals surface area contributed by atoms with Gasteiger partial charge in [0.05, 0.1) is 0 Å². The molecule has 2 rings (SSSR count). The van der Waals surface area contributed by atoms with Crippen LogP contribution in [0, 0.1) is 0 Å². The molecular weight excluding hydrogens is 244 g/mol. The molecule has 0 saturated carbocycles. The normalized spacial score (nSPS) is 10.4. The van der Waals surface area contributed by atoms with Crippen LogP contribution in [0.15, 0.2) is 37.1 Å². The molecule has 0 fully saturated rings. The third kappa shape index (κ3) is 3.62. The molecule has 0 unspecified atom stereocenters. The van der Waals surface area contributed by atoms with Crippen LogP contribution in [0.4, 0.5) is 0 Å². The average Bonchev–Trinajstić information content (AvgIpc) is 2.98. The molecule has 1 N–H and O–H groups in total. The maximum absolute atomic E-state index is 11.9. The first-order valence-corrected chi connectivity index (χ1v) is 6.03. The highest BCUT2D eigenvalue weighted by Gasteiger charge is 2.06. The van der Waals surface area contributed by atoms with Crippen molar-refractivity contribution in [3.63, 3.8) is 0 Å². The molecule has 0 aliphatic heterocycles. The van der Waals surface area contributed by atoms with Gasteiger partial charge in [0.25, 0.3) is 5.91 Å². The Morgan fingerprint density at radius 3 is 3.11 bits per heavy atom. The van der Waals surface area contributed by atoms with Crippen LogP contribution in [0.2, 0.25) is 0 Å². The van der Waals surface area contributed by atoms with E-state index in [-0.39, 0.29) is 5.91 Å². The summed E-state index contributed by atoms with van der Waals surface area (Å²) in [5, 5.41) is 2.83. The lowest BCUT2D eigenvalue weighted by atomic mass is 10.2. The summed E-state index contributed by atoms with van der Waals surface area (Å²) in [7, 11) is 1.64. The van der Waals surface area contributed by atoms with Gasteiger partial charge in [-0.05, 0) is 18.6 Å². The van der Waals surface area contributed by atoms with Crippen LogP contribution in [0.5, 0.6) is 0 Å². The van der Waals surface area contributed by atoms with Crippen molar-refractivity contribution in [3.05, 3.63) is 42.6 Å². The van der Waals surface area contributed by atoms with E-state index < -0.39 is 0 Å². The lowest BCUT2D eigenvalue weighted by molar-refractivity contribution is 0.0948. The van der Waals surface area contributed by atoms with Crippen molar-refractivity contribution in [3.8, 4) is 5.82 Å². The van der Waals surface area contributed by atoms with E-state index in [4.69, 9.17) is 4.74 Å². The summed E-state index contributed by atoms with van der Waals surface area (Å²) in [6, 6.07) is 3.42. The number of rotatable bonds is 6. The Balaban J connectivity index is 2.00. The van der Waals surface area contributed by atoms with Crippen LogP contribution in [-0.4, -0.2) is 40.7 Å². The maximum atomic E-state index is 11.9. The molecular formula is C13H16N4O2. The van der Waals surface area contributed by atoms with Crippen molar-refractivity contribution < 1.29 is 9.53 Å². The predicted molar refractivity (Wildman–Crippen MR) is 70.2 cm³/mol. The monoisotopic (exact) mass is 260 g/mol. The molecule has 0 spiro atoms. The number of carbonyl (C=O) groups is 1. The summed E-state index contributed by atoms with van der Waals surface area (Å²) in [6.07, 6.45) is 7.49. The van der Waals surface area contributed by atoms with Crippen LogP contribution < -0.4 is 5.32 Å². The van der Waals surface area contributed by atoms with Crippen LogP contribution in [0.3, 0.4) is 0 Å². The molecule has 19 heavy (non-hydrogen) atoms. The third-order valence-electron chi connectivity index (χ3n) is 2.59. The molecule has 2 aromatic rings. The Morgan fingerprint density at radius 1 is 1.47 bits per heavy atom. The van der Waals surface area contributed by atoms with Crippen LogP contribution in [0.25, 0.3) is 5.82 Å². The van der Waals surface area contributed by atoms with E-state index in [0.717, 1.165) is 6.42 Å². The number of hydrogen-bond donors (Lipinski definition) is 1. The second kappa shape index (κ2) is 6.65. The largest absolute Gasteiger partial charge is 0.385 e. The minimum Gasteiger partial charge on any atom is -0.385 e. The standard InChI is InChI=1S/C13H16N4O2/c1-19-8-2-4-16-13(18)11-3-5-15-12(9-11)17-7-6-14-10-17/h3,5-7,9-10H,2,4,8H2,1H3,(H,16,18). The molecule has 0 aromatic carbocycles. The van der Waals surface area contributed by atoms with E-state index in [2.05, 4.69) is 15.3 Å². The Kier molecular flexibility index (Phi) is 4.63. The molecule has 2 aromatic heterocycles. The molecule has 1 amide bonds. The van der Waals surface area contributed by atoms with Crippen molar-refractivity contribution in [1.82, 2.24) is 19.9 Å². The summed E-state index contributed by atoms with van der Waals surface area (Å²) in [4.78, 5) is 20.1. The third-order valence-corrected chi connectivity index (χ3v) is 2.59. The zero-order valence-corrected chi connectivity index (χ0v) is 10.7. The number of nitrogens with one attached hydrogen (secondary N) is 1. The second-order valence-electron chi connectivity index (χ2n) is 3.97. The highest BCUT2D eigenvalue weighted by atomic mass is 16.5. The number of hydrogen-bond acceptors (Lipinski definition) is 4. The number of ether oxygens (including phenoxy) is 1. The fourth-order valence-corrected chi connectivity index (χ4v) is 1.62. The predicted octanol–water partition coefficient (Wildman–Crippen LogP) is 1.03. The van der Waals surface area contributed by atoms with Gasteiger partial charge in [0.15, 0.2) is 0 Å². The molecule has 6 nitrogen and oxygen atoms in total. The summed E-state index contributed by atoms with van der Waals surface area (Å²) in [6.45, 7) is 1.23. The van der Waals surface area contributed by atoms with Crippen molar-refractivity contribution >= 4 is 5.91 Å². The fraction of sp³-hybridized carbons (Fsp3) is 0.308. The number of amides is 1. The van der Waals surface area contributed by atoms with Crippen LogP contribution >= 0.6 is 0 Å². The number of methoxy groups -OCH3 is 1. The van der Waals surface area contributed by atoms with Gasteiger partial charge in [-0.15, -0.1) is 0 Å². The summed E-state index contributed by atoms with van der Waals surface area (Å²) in [5.74, 6) is 0.557. The van der Waals surface area contributed by atoms with Gasteiger partial charge >= 0.3 is 0 Å². The van der Waals surface area contributed by atoms with E-state index in [1.54, 1.807) is 48.7 Å². The van der Waals surface area contributed by atoms with Gasteiger partial charge in [-0.3, -0.25) is 9.36 Å². The van der Waals surface area contributed by atoms with E-state index in [1.807, 2.05) is 0 Å². The van der Waals surface area contributed by atoms with Crippen molar-refractivity contribution in [2.45, 2.75) is 6.42 Å². The SMILES string of the molecule is COCCCNC(=O)c1ccnc(-n2ccnc2)c1. The zero-order chi connectivity index (χ0) is 13.5. The van der Waals surface area contributed by atoms with Crippen LogP contribution in [0.1, 0.15) is 16.8 Å². The first-order chi connectivity index (χ1) is 9.31. The minimum atomic E-state index is -0.111. The van der Waals surface area contributed by atoms with Gasteiger partial charge in [0.2, 0.25) is 0 Å². The first-order valence-electron chi connectivity index (χ1n) is 6.03. The van der Waals surface area contributed by atoms with Crippen molar-refractivity contribution in [2.75, 3.05) is 20.3 Å². The van der Waals surface area contributed by atoms with E-state index in [9.17, 15) is 4.79 Å². The maximum Gasteiger partial charge on any atom is 0.251 e. The van der Waals surface area contributed by atoms with Crippen LogP contribution in [-0.2, 0) is 4.74 Å². The summed E-state index contributed by atoms with van der Waals surface area (Å²) >= 11 is 0. The molecule has 0 aliphatic rings. The molecule has 0 aliphatic carbocycles. The first kappa shape index (κ1) is 13.2.